The molecule has 9 heteroatoms. The molecule has 1 aromatic rings. The number of thioether (sulfide) groups is 1. The van der Waals surface area contributed by atoms with Crippen molar-refractivity contribution in [3.8, 4) is 0 Å². The maximum absolute atomic E-state index is 11.8. The summed E-state index contributed by atoms with van der Waals surface area (Å²) < 4.78 is 22.7. The van der Waals surface area contributed by atoms with Gasteiger partial charge in [-0.2, -0.15) is 0 Å². The quantitative estimate of drug-likeness (QED) is 0.560. The van der Waals surface area contributed by atoms with Crippen LogP contribution in [0.3, 0.4) is 0 Å². The largest absolute Gasteiger partial charge is 0.352 e. The first-order valence-corrected chi connectivity index (χ1v) is 9.91. The van der Waals surface area contributed by atoms with Gasteiger partial charge in [-0.3, -0.25) is 9.59 Å². The SMILES string of the molecule is CCCc1cc(=O)[nH]c(SCC(=O)NC2CCS(=O)(=O)C2)n1. The highest BCUT2D eigenvalue weighted by Gasteiger charge is 2.28. The summed E-state index contributed by atoms with van der Waals surface area (Å²) in [6.07, 6.45) is 2.06. The zero-order valence-corrected chi connectivity index (χ0v) is 13.9. The lowest BCUT2D eigenvalue weighted by Crippen LogP contribution is -2.36. The summed E-state index contributed by atoms with van der Waals surface area (Å²) in [5.74, 6) is -0.0332. The lowest BCUT2D eigenvalue weighted by molar-refractivity contribution is -0.119. The van der Waals surface area contributed by atoms with Gasteiger partial charge in [0.1, 0.15) is 0 Å². The van der Waals surface area contributed by atoms with Gasteiger partial charge in [-0.25, -0.2) is 13.4 Å². The molecule has 0 saturated carbocycles. The van der Waals surface area contributed by atoms with Gasteiger partial charge in [-0.15, -0.1) is 0 Å². The van der Waals surface area contributed by atoms with E-state index in [-0.39, 0.29) is 34.8 Å². The lowest BCUT2D eigenvalue weighted by Gasteiger charge is -2.10. The van der Waals surface area contributed by atoms with Gasteiger partial charge in [0.05, 0.1) is 17.3 Å². The predicted molar refractivity (Wildman–Crippen MR) is 84.8 cm³/mol. The fraction of sp³-hybridized carbons (Fsp3) is 0.615. The number of aryl methyl sites for hydroxylation is 1. The van der Waals surface area contributed by atoms with Crippen LogP contribution in [0.2, 0.25) is 0 Å². The average molecular weight is 345 g/mol. The average Bonchev–Trinajstić information content (AvgIpc) is 2.75. The number of nitrogens with one attached hydrogen (secondary N) is 2. The monoisotopic (exact) mass is 345 g/mol. The van der Waals surface area contributed by atoms with Crippen molar-refractivity contribution >= 4 is 27.5 Å². The normalized spacial score (nSPS) is 20.0. The van der Waals surface area contributed by atoms with E-state index in [1.54, 1.807) is 0 Å². The minimum Gasteiger partial charge on any atom is -0.352 e. The van der Waals surface area contributed by atoms with Crippen LogP contribution in [0.4, 0.5) is 0 Å². The van der Waals surface area contributed by atoms with Crippen molar-refractivity contribution in [3.63, 3.8) is 0 Å². The number of nitrogens with zero attached hydrogens (tertiary/aromatic N) is 1. The zero-order chi connectivity index (χ0) is 16.2. The van der Waals surface area contributed by atoms with Crippen LogP contribution in [-0.4, -0.2) is 47.6 Å². The molecule has 7 nitrogen and oxygen atoms in total. The minimum atomic E-state index is -3.01. The summed E-state index contributed by atoms with van der Waals surface area (Å²) in [7, 11) is -3.01. The number of rotatable bonds is 6. The van der Waals surface area contributed by atoms with Gasteiger partial charge in [0, 0.05) is 17.8 Å². The number of hydrogen-bond acceptors (Lipinski definition) is 6. The third-order valence-corrected chi connectivity index (χ3v) is 5.86. The van der Waals surface area contributed by atoms with E-state index in [9.17, 15) is 18.0 Å². The smallest absolute Gasteiger partial charge is 0.251 e. The molecule has 1 aliphatic heterocycles. The molecule has 0 aliphatic carbocycles. The molecule has 2 heterocycles. The summed E-state index contributed by atoms with van der Waals surface area (Å²) in [6, 6.07) is 1.15. The Morgan fingerprint density at radius 3 is 2.95 bits per heavy atom. The molecule has 1 atom stereocenters. The van der Waals surface area contributed by atoms with Crippen LogP contribution in [0.15, 0.2) is 16.0 Å². The molecule has 0 bridgehead atoms. The van der Waals surface area contributed by atoms with Crippen LogP contribution in [0.5, 0.6) is 0 Å². The molecule has 1 saturated heterocycles. The topological polar surface area (TPSA) is 109 Å². The first-order chi connectivity index (χ1) is 10.4. The van der Waals surface area contributed by atoms with Crippen LogP contribution in [0.1, 0.15) is 25.5 Å². The molecule has 0 aromatic carbocycles. The second-order valence-electron chi connectivity index (χ2n) is 5.25. The summed E-state index contributed by atoms with van der Waals surface area (Å²) >= 11 is 1.14. The second-order valence-corrected chi connectivity index (χ2v) is 8.44. The second kappa shape index (κ2) is 7.28. The van der Waals surface area contributed by atoms with Gasteiger partial charge >= 0.3 is 0 Å². The number of aromatic nitrogens is 2. The Kier molecular flexibility index (Phi) is 5.63. The Morgan fingerprint density at radius 1 is 1.55 bits per heavy atom. The lowest BCUT2D eigenvalue weighted by atomic mass is 10.2. The molecule has 1 amide bonds. The standard InChI is InChI=1S/C13H19N3O4S2/c1-2-3-9-6-11(17)16-13(15-9)21-7-12(18)14-10-4-5-22(19,20)8-10/h6,10H,2-5,7-8H2,1H3,(H,14,18)(H,15,16,17). The van der Waals surface area contributed by atoms with Crippen LogP contribution in [-0.2, 0) is 21.1 Å². The van der Waals surface area contributed by atoms with E-state index in [0.29, 0.717) is 23.7 Å². The molecule has 0 radical (unpaired) electrons. The highest BCUT2D eigenvalue weighted by Crippen LogP contribution is 2.14. The molecular weight excluding hydrogens is 326 g/mol. The van der Waals surface area contributed by atoms with E-state index in [0.717, 1.165) is 18.2 Å². The first kappa shape index (κ1) is 17.0. The van der Waals surface area contributed by atoms with Gasteiger partial charge in [-0.1, -0.05) is 25.1 Å². The van der Waals surface area contributed by atoms with Crippen LogP contribution in [0.25, 0.3) is 0 Å². The molecular formula is C13H19N3O4S2. The Labute approximate surface area is 133 Å². The highest BCUT2D eigenvalue weighted by atomic mass is 32.2. The molecule has 2 rings (SSSR count). The summed E-state index contributed by atoms with van der Waals surface area (Å²) in [4.78, 5) is 30.2. The Balaban J connectivity index is 1.87. The minimum absolute atomic E-state index is 0.00444. The Morgan fingerprint density at radius 2 is 2.32 bits per heavy atom. The molecule has 122 valence electrons. The Hall–Kier alpha value is -1.35. The fourth-order valence-electron chi connectivity index (χ4n) is 2.25. The third kappa shape index (κ3) is 5.13. The van der Waals surface area contributed by atoms with Gasteiger partial charge in [-0.05, 0) is 12.8 Å². The van der Waals surface area contributed by atoms with Crippen molar-refractivity contribution in [1.82, 2.24) is 15.3 Å². The van der Waals surface area contributed by atoms with Gasteiger partial charge in [0.15, 0.2) is 15.0 Å². The van der Waals surface area contributed by atoms with Gasteiger partial charge in [0.25, 0.3) is 5.56 Å². The third-order valence-electron chi connectivity index (χ3n) is 3.22. The number of hydrogen-bond donors (Lipinski definition) is 2. The highest BCUT2D eigenvalue weighted by molar-refractivity contribution is 7.99. The number of sulfone groups is 1. The molecule has 22 heavy (non-hydrogen) atoms. The summed E-state index contributed by atoms with van der Waals surface area (Å²) in [5, 5.41) is 3.11. The number of carbonyl (C=O) groups excluding carboxylic acids is 1. The van der Waals surface area contributed by atoms with E-state index < -0.39 is 9.84 Å². The number of amides is 1. The van der Waals surface area contributed by atoms with Crippen molar-refractivity contribution < 1.29 is 13.2 Å². The van der Waals surface area contributed by atoms with Crippen molar-refractivity contribution in [2.45, 2.75) is 37.4 Å². The van der Waals surface area contributed by atoms with E-state index in [4.69, 9.17) is 0 Å². The van der Waals surface area contributed by atoms with Gasteiger partial charge < -0.3 is 10.3 Å². The molecule has 1 fully saturated rings. The molecule has 1 aromatic heterocycles. The van der Waals surface area contributed by atoms with Crippen LogP contribution in [0, 0.1) is 0 Å². The van der Waals surface area contributed by atoms with E-state index in [2.05, 4.69) is 15.3 Å². The van der Waals surface area contributed by atoms with Crippen molar-refractivity contribution in [2.75, 3.05) is 17.3 Å². The molecule has 2 N–H and O–H groups in total. The predicted octanol–water partition coefficient (Wildman–Crippen LogP) is 0.118. The summed E-state index contributed by atoms with van der Waals surface area (Å²) in [5.41, 5.74) is 0.472. The number of H-pyrrole nitrogens is 1. The Bertz CT molecular complexity index is 699. The number of carbonyl (C=O) groups is 1. The van der Waals surface area contributed by atoms with E-state index >= 15 is 0 Å². The van der Waals surface area contributed by atoms with Crippen molar-refractivity contribution in [1.29, 1.82) is 0 Å². The van der Waals surface area contributed by atoms with Crippen LogP contribution >= 0.6 is 11.8 Å². The maximum Gasteiger partial charge on any atom is 0.251 e. The molecule has 1 aliphatic rings. The molecule has 1 unspecified atom stereocenters. The summed E-state index contributed by atoms with van der Waals surface area (Å²) in [6.45, 7) is 2.00. The number of aromatic amines is 1. The zero-order valence-electron chi connectivity index (χ0n) is 12.3. The van der Waals surface area contributed by atoms with Crippen molar-refractivity contribution in [3.05, 3.63) is 22.1 Å². The maximum atomic E-state index is 11.8. The molecule has 0 spiro atoms. The fourth-order valence-corrected chi connectivity index (χ4v) is 4.63. The van der Waals surface area contributed by atoms with Crippen LogP contribution < -0.4 is 10.9 Å². The van der Waals surface area contributed by atoms with Gasteiger partial charge in [0.2, 0.25) is 5.91 Å². The van der Waals surface area contributed by atoms with Crippen molar-refractivity contribution in [2.24, 2.45) is 0 Å². The van der Waals surface area contributed by atoms with E-state index in [1.165, 1.54) is 6.07 Å². The first-order valence-electron chi connectivity index (χ1n) is 7.11. The van der Waals surface area contributed by atoms with E-state index in [1.807, 2.05) is 6.92 Å².